The number of para-hydroxylation sites is 1. The topological polar surface area (TPSA) is 75.6 Å². The van der Waals surface area contributed by atoms with Crippen LogP contribution in [-0.4, -0.2) is 29.1 Å². The third-order valence-electron chi connectivity index (χ3n) is 2.94. The number of aliphatic carboxylic acids is 1. The van der Waals surface area contributed by atoms with E-state index in [1.807, 2.05) is 32.0 Å². The molecule has 0 radical (unpaired) electrons. The first-order valence-corrected chi connectivity index (χ1v) is 6.61. The normalized spacial score (nSPS) is 13.7. The second-order valence-electron chi connectivity index (χ2n) is 5.02. The fourth-order valence-electron chi connectivity index (χ4n) is 1.70. The Hall–Kier alpha value is -2.04. The average molecular weight is 279 g/mol. The van der Waals surface area contributed by atoms with Crippen LogP contribution in [0.25, 0.3) is 0 Å². The van der Waals surface area contributed by atoms with Crippen molar-refractivity contribution >= 4 is 11.9 Å². The van der Waals surface area contributed by atoms with Gasteiger partial charge in [0.1, 0.15) is 11.8 Å². The molecule has 0 heterocycles. The van der Waals surface area contributed by atoms with Gasteiger partial charge in [-0.2, -0.15) is 0 Å². The van der Waals surface area contributed by atoms with Crippen molar-refractivity contribution in [1.29, 1.82) is 0 Å². The van der Waals surface area contributed by atoms with Crippen LogP contribution in [0.1, 0.15) is 39.2 Å². The van der Waals surface area contributed by atoms with Gasteiger partial charge in [-0.15, -0.1) is 0 Å². The molecule has 0 aliphatic heterocycles. The maximum Gasteiger partial charge on any atom is 0.325 e. The molecule has 110 valence electrons. The Kier molecular flexibility index (Phi) is 5.55. The molecule has 20 heavy (non-hydrogen) atoms. The number of carbonyl (C=O) groups is 2. The van der Waals surface area contributed by atoms with Crippen molar-refractivity contribution in [2.24, 2.45) is 0 Å². The van der Waals surface area contributed by atoms with E-state index in [-0.39, 0.29) is 5.92 Å². The molecule has 0 fully saturated rings. The zero-order chi connectivity index (χ0) is 15.3. The van der Waals surface area contributed by atoms with Crippen molar-refractivity contribution in [1.82, 2.24) is 5.32 Å². The minimum Gasteiger partial charge on any atom is -0.481 e. The van der Waals surface area contributed by atoms with Gasteiger partial charge in [0.25, 0.3) is 5.91 Å². The summed E-state index contributed by atoms with van der Waals surface area (Å²) in [4.78, 5) is 22.5. The fourth-order valence-corrected chi connectivity index (χ4v) is 1.70. The average Bonchev–Trinajstić information content (AvgIpc) is 2.38. The number of rotatable bonds is 6. The minimum absolute atomic E-state index is 0.277. The minimum atomic E-state index is -1.08. The predicted octanol–water partition coefficient (Wildman–Crippen LogP) is 2.17. The van der Waals surface area contributed by atoms with Gasteiger partial charge >= 0.3 is 5.97 Å². The quantitative estimate of drug-likeness (QED) is 0.836. The molecular weight excluding hydrogens is 258 g/mol. The Morgan fingerprint density at radius 1 is 1.15 bits per heavy atom. The van der Waals surface area contributed by atoms with E-state index in [4.69, 9.17) is 9.84 Å². The zero-order valence-electron chi connectivity index (χ0n) is 12.2. The summed E-state index contributed by atoms with van der Waals surface area (Å²) >= 11 is 0. The number of hydrogen-bond donors (Lipinski definition) is 2. The molecule has 0 saturated carbocycles. The summed E-state index contributed by atoms with van der Waals surface area (Å²) in [5.74, 6) is -0.598. The monoisotopic (exact) mass is 279 g/mol. The van der Waals surface area contributed by atoms with Gasteiger partial charge in [-0.25, -0.2) is 0 Å². The molecule has 1 amide bonds. The highest BCUT2D eigenvalue weighted by molar-refractivity contribution is 5.86. The summed E-state index contributed by atoms with van der Waals surface area (Å²) in [6, 6.07) is 6.57. The van der Waals surface area contributed by atoms with Crippen LogP contribution in [0.2, 0.25) is 0 Å². The third kappa shape index (κ3) is 4.26. The number of ether oxygens (including phenoxy) is 1. The van der Waals surface area contributed by atoms with Gasteiger partial charge < -0.3 is 15.2 Å². The summed E-state index contributed by atoms with van der Waals surface area (Å²) in [7, 11) is 0. The van der Waals surface area contributed by atoms with Gasteiger partial charge in [0.2, 0.25) is 0 Å². The van der Waals surface area contributed by atoms with Gasteiger partial charge in [0.15, 0.2) is 6.10 Å². The highest BCUT2D eigenvalue weighted by atomic mass is 16.5. The van der Waals surface area contributed by atoms with E-state index in [0.29, 0.717) is 5.75 Å². The molecule has 0 bridgehead atoms. The van der Waals surface area contributed by atoms with Gasteiger partial charge in [-0.05, 0) is 31.4 Å². The molecule has 1 rings (SSSR count). The second-order valence-corrected chi connectivity index (χ2v) is 5.02. The third-order valence-corrected chi connectivity index (χ3v) is 2.94. The van der Waals surface area contributed by atoms with Crippen LogP contribution >= 0.6 is 0 Å². The predicted molar refractivity (Wildman–Crippen MR) is 75.9 cm³/mol. The largest absolute Gasteiger partial charge is 0.481 e. The molecule has 0 aliphatic carbocycles. The summed E-state index contributed by atoms with van der Waals surface area (Å²) in [5, 5.41) is 11.1. The molecule has 1 aromatic rings. The second kappa shape index (κ2) is 6.93. The first-order chi connectivity index (χ1) is 9.32. The molecule has 2 unspecified atom stereocenters. The number of benzene rings is 1. The molecule has 0 aromatic heterocycles. The molecular formula is C15H21NO4. The Labute approximate surface area is 118 Å². The van der Waals surface area contributed by atoms with Crippen molar-refractivity contribution in [2.75, 3.05) is 0 Å². The van der Waals surface area contributed by atoms with Crippen LogP contribution in [-0.2, 0) is 9.59 Å². The highest BCUT2D eigenvalue weighted by Crippen LogP contribution is 2.26. The molecule has 2 atom stereocenters. The SMILES string of the molecule is CC(NC(=O)C(C)Oc1ccccc1C(C)C)C(=O)O. The van der Waals surface area contributed by atoms with Crippen LogP contribution in [0.4, 0.5) is 0 Å². The van der Waals surface area contributed by atoms with E-state index in [1.54, 1.807) is 13.0 Å². The molecule has 1 aromatic carbocycles. The standard InChI is InChI=1S/C15H21NO4/c1-9(2)12-7-5-6-8-13(12)20-11(4)14(17)16-10(3)15(18)19/h5-11H,1-4H3,(H,16,17)(H,18,19). The van der Waals surface area contributed by atoms with Gasteiger partial charge in [0.05, 0.1) is 0 Å². The fraction of sp³-hybridized carbons (Fsp3) is 0.467. The Morgan fingerprint density at radius 2 is 1.75 bits per heavy atom. The number of nitrogens with one attached hydrogen (secondary N) is 1. The molecule has 0 aliphatic rings. The molecule has 0 saturated heterocycles. The molecule has 5 heteroatoms. The van der Waals surface area contributed by atoms with Gasteiger partial charge in [-0.1, -0.05) is 32.0 Å². The van der Waals surface area contributed by atoms with Crippen LogP contribution in [0.15, 0.2) is 24.3 Å². The molecule has 2 N–H and O–H groups in total. The Balaban J connectivity index is 2.73. The lowest BCUT2D eigenvalue weighted by molar-refractivity contribution is -0.142. The lowest BCUT2D eigenvalue weighted by Gasteiger charge is -2.19. The zero-order valence-corrected chi connectivity index (χ0v) is 12.2. The van der Waals surface area contributed by atoms with Crippen molar-refractivity contribution in [3.8, 4) is 5.75 Å². The lowest BCUT2D eigenvalue weighted by atomic mass is 10.0. The van der Waals surface area contributed by atoms with Crippen molar-refractivity contribution in [3.63, 3.8) is 0 Å². The first-order valence-electron chi connectivity index (χ1n) is 6.61. The maximum atomic E-state index is 11.8. The maximum absolute atomic E-state index is 11.8. The highest BCUT2D eigenvalue weighted by Gasteiger charge is 2.21. The van der Waals surface area contributed by atoms with Gasteiger partial charge in [0, 0.05) is 0 Å². The number of amides is 1. The number of carboxylic acid groups (broad SMARTS) is 1. The van der Waals surface area contributed by atoms with Crippen molar-refractivity contribution in [3.05, 3.63) is 29.8 Å². The summed E-state index contributed by atoms with van der Waals surface area (Å²) in [6.07, 6.45) is -0.753. The number of carbonyl (C=O) groups excluding carboxylic acids is 1. The molecule has 0 spiro atoms. The molecule has 5 nitrogen and oxygen atoms in total. The summed E-state index contributed by atoms with van der Waals surface area (Å²) in [6.45, 7) is 7.09. The van der Waals surface area contributed by atoms with Crippen LogP contribution in [0, 0.1) is 0 Å². The van der Waals surface area contributed by atoms with E-state index >= 15 is 0 Å². The van der Waals surface area contributed by atoms with E-state index in [0.717, 1.165) is 5.56 Å². The van der Waals surface area contributed by atoms with Gasteiger partial charge in [-0.3, -0.25) is 9.59 Å². The van der Waals surface area contributed by atoms with Crippen LogP contribution < -0.4 is 10.1 Å². The lowest BCUT2D eigenvalue weighted by Crippen LogP contribution is -2.44. The van der Waals surface area contributed by atoms with Crippen molar-refractivity contribution in [2.45, 2.75) is 45.8 Å². The van der Waals surface area contributed by atoms with Crippen LogP contribution in [0.5, 0.6) is 5.75 Å². The number of hydrogen-bond acceptors (Lipinski definition) is 3. The smallest absolute Gasteiger partial charge is 0.325 e. The number of carboxylic acids is 1. The van der Waals surface area contributed by atoms with E-state index < -0.39 is 24.0 Å². The van der Waals surface area contributed by atoms with E-state index in [9.17, 15) is 9.59 Å². The summed E-state index contributed by atoms with van der Waals surface area (Å²) < 4.78 is 5.64. The van der Waals surface area contributed by atoms with E-state index in [2.05, 4.69) is 5.32 Å². The van der Waals surface area contributed by atoms with Crippen LogP contribution in [0.3, 0.4) is 0 Å². The van der Waals surface area contributed by atoms with Crippen molar-refractivity contribution < 1.29 is 19.4 Å². The van der Waals surface area contributed by atoms with E-state index in [1.165, 1.54) is 6.92 Å². The Bertz CT molecular complexity index is 485. The Morgan fingerprint density at radius 3 is 2.30 bits per heavy atom. The summed E-state index contributed by atoms with van der Waals surface area (Å²) in [5.41, 5.74) is 1.01. The first kappa shape index (κ1) is 16.0.